The Bertz CT molecular complexity index is 973. The van der Waals surface area contributed by atoms with Crippen LogP contribution in [0.15, 0.2) is 24.3 Å². The van der Waals surface area contributed by atoms with E-state index in [0.29, 0.717) is 19.4 Å². The number of hydrogen-bond acceptors (Lipinski definition) is 8. The van der Waals surface area contributed by atoms with Crippen molar-refractivity contribution in [1.29, 1.82) is 0 Å². The van der Waals surface area contributed by atoms with E-state index in [1.807, 2.05) is 19.0 Å². The molecule has 55 heavy (non-hydrogen) atoms. The Morgan fingerprint density at radius 2 is 0.982 bits per heavy atom. The summed E-state index contributed by atoms with van der Waals surface area (Å²) in [6, 6.07) is 0. The highest BCUT2D eigenvalue weighted by Gasteiger charge is 2.26. The zero-order valence-electron chi connectivity index (χ0n) is 36.1. The molecule has 2 atom stereocenters. The van der Waals surface area contributed by atoms with Crippen molar-refractivity contribution in [2.24, 2.45) is 0 Å². The first kappa shape index (κ1) is 53.5. The second-order valence-corrected chi connectivity index (χ2v) is 17.0. The van der Waals surface area contributed by atoms with Crippen LogP contribution in [-0.4, -0.2) is 68.3 Å². The molecule has 324 valence electrons. The fourth-order valence-corrected chi connectivity index (χ4v) is 6.99. The predicted molar refractivity (Wildman–Crippen MR) is 229 cm³/mol. The highest BCUT2D eigenvalue weighted by atomic mass is 31.2. The van der Waals surface area contributed by atoms with Gasteiger partial charge in [-0.3, -0.25) is 18.6 Å². The number of esters is 2. The average Bonchev–Trinajstić information content (AvgIpc) is 3.15. The number of carbonyl (C=O) groups excluding carboxylic acids is 2. The van der Waals surface area contributed by atoms with Gasteiger partial charge >= 0.3 is 19.8 Å². The summed E-state index contributed by atoms with van der Waals surface area (Å²) >= 11 is 0. The highest BCUT2D eigenvalue weighted by Crippen LogP contribution is 2.43. The standard InChI is InChI=1S/C45H86NO8P/c1-5-7-9-11-13-15-17-19-21-22-24-26-28-30-32-34-36-38-45(48)54-43(42-53-55(49,50)52-40-39-46(3)4)41-51-44(47)37-35-33-31-29-27-25-23-20-18-16-14-12-10-8-6-2/h13,15,19,21,43H,5-12,14,16-18,20,22-42H2,1-4H3,(H,49,50)/b15-13-,21-19-. The lowest BCUT2D eigenvalue weighted by Gasteiger charge is -2.20. The van der Waals surface area contributed by atoms with Crippen LogP contribution < -0.4 is 0 Å². The van der Waals surface area contributed by atoms with Crippen LogP contribution in [0.5, 0.6) is 0 Å². The Labute approximate surface area is 338 Å². The number of rotatable bonds is 42. The third-order valence-electron chi connectivity index (χ3n) is 9.76. The van der Waals surface area contributed by atoms with Crippen LogP contribution in [0.4, 0.5) is 0 Å². The molecule has 0 saturated carbocycles. The summed E-state index contributed by atoms with van der Waals surface area (Å²) < 4.78 is 33.5. The Balaban J connectivity index is 4.26. The normalized spacial score (nSPS) is 13.6. The number of phosphoric acid groups is 1. The third kappa shape index (κ3) is 41.9. The molecule has 0 rings (SSSR count). The van der Waals surface area contributed by atoms with E-state index in [1.54, 1.807) is 0 Å². The second-order valence-electron chi connectivity index (χ2n) is 15.6. The molecule has 0 spiro atoms. The summed E-state index contributed by atoms with van der Waals surface area (Å²) in [7, 11) is -0.710. The van der Waals surface area contributed by atoms with Gasteiger partial charge in [-0.1, -0.05) is 173 Å². The SMILES string of the molecule is CCCCC/C=C\C/C=C\CCCCCCCCCC(=O)OC(COC(=O)CCCCCCCCCCCCCCCCC)COP(=O)(O)OCCN(C)C. The van der Waals surface area contributed by atoms with Gasteiger partial charge in [0.15, 0.2) is 6.10 Å². The number of phosphoric ester groups is 1. The zero-order valence-corrected chi connectivity index (χ0v) is 37.0. The van der Waals surface area contributed by atoms with Crippen molar-refractivity contribution >= 4 is 19.8 Å². The van der Waals surface area contributed by atoms with Crippen molar-refractivity contribution in [2.75, 3.05) is 40.5 Å². The van der Waals surface area contributed by atoms with Crippen LogP contribution in [-0.2, 0) is 32.7 Å². The van der Waals surface area contributed by atoms with Gasteiger partial charge in [-0.05, 0) is 59.0 Å². The van der Waals surface area contributed by atoms with Gasteiger partial charge < -0.3 is 19.3 Å². The van der Waals surface area contributed by atoms with E-state index in [-0.39, 0.29) is 25.6 Å². The molecular formula is C45H86NO8P. The van der Waals surface area contributed by atoms with Gasteiger partial charge in [-0.25, -0.2) is 4.57 Å². The van der Waals surface area contributed by atoms with Gasteiger partial charge in [0.25, 0.3) is 0 Å². The molecule has 0 aliphatic heterocycles. The lowest BCUT2D eigenvalue weighted by atomic mass is 10.0. The van der Waals surface area contributed by atoms with Gasteiger partial charge in [0, 0.05) is 19.4 Å². The van der Waals surface area contributed by atoms with Gasteiger partial charge in [-0.2, -0.15) is 0 Å². The summed E-state index contributed by atoms with van der Waals surface area (Å²) in [5.41, 5.74) is 0. The Hall–Kier alpha value is -1.51. The molecule has 9 nitrogen and oxygen atoms in total. The van der Waals surface area contributed by atoms with Crippen molar-refractivity contribution in [3.05, 3.63) is 24.3 Å². The largest absolute Gasteiger partial charge is 0.472 e. The molecule has 0 radical (unpaired) electrons. The second kappa shape index (κ2) is 40.7. The average molecular weight is 800 g/mol. The molecule has 0 fully saturated rings. The van der Waals surface area contributed by atoms with Crippen molar-refractivity contribution in [3.63, 3.8) is 0 Å². The van der Waals surface area contributed by atoms with E-state index < -0.39 is 26.5 Å². The topological polar surface area (TPSA) is 112 Å². The quantitative estimate of drug-likeness (QED) is 0.0279. The predicted octanol–water partition coefficient (Wildman–Crippen LogP) is 13.0. The number of carbonyl (C=O) groups is 2. The molecular weight excluding hydrogens is 713 g/mol. The molecule has 0 heterocycles. The Morgan fingerprint density at radius 3 is 1.47 bits per heavy atom. The number of hydrogen-bond donors (Lipinski definition) is 1. The Kier molecular flexibility index (Phi) is 39.6. The maximum Gasteiger partial charge on any atom is 0.472 e. The molecule has 1 N–H and O–H groups in total. The monoisotopic (exact) mass is 800 g/mol. The van der Waals surface area contributed by atoms with E-state index in [4.69, 9.17) is 18.5 Å². The molecule has 0 aromatic carbocycles. The van der Waals surface area contributed by atoms with Crippen LogP contribution in [0.25, 0.3) is 0 Å². The third-order valence-corrected chi connectivity index (χ3v) is 10.7. The van der Waals surface area contributed by atoms with E-state index in [9.17, 15) is 19.0 Å². The number of allylic oxidation sites excluding steroid dienone is 4. The van der Waals surface area contributed by atoms with Crippen LogP contribution in [0, 0.1) is 0 Å². The van der Waals surface area contributed by atoms with Gasteiger partial charge in [0.1, 0.15) is 6.61 Å². The summed E-state index contributed by atoms with van der Waals surface area (Å²) in [4.78, 5) is 37.1. The molecule has 0 saturated heterocycles. The molecule has 0 bridgehead atoms. The first-order valence-electron chi connectivity index (χ1n) is 22.6. The number of ether oxygens (including phenoxy) is 2. The first-order chi connectivity index (χ1) is 26.7. The molecule has 0 aliphatic rings. The molecule has 0 amide bonds. The maximum atomic E-state index is 12.7. The minimum absolute atomic E-state index is 0.00758. The lowest BCUT2D eigenvalue weighted by molar-refractivity contribution is -0.161. The Morgan fingerprint density at radius 1 is 0.564 bits per heavy atom. The molecule has 0 aliphatic carbocycles. The highest BCUT2D eigenvalue weighted by molar-refractivity contribution is 7.47. The van der Waals surface area contributed by atoms with Crippen LogP contribution in [0.3, 0.4) is 0 Å². The lowest BCUT2D eigenvalue weighted by Crippen LogP contribution is -2.29. The van der Waals surface area contributed by atoms with E-state index >= 15 is 0 Å². The summed E-state index contributed by atoms with van der Waals surface area (Å²) in [5, 5.41) is 0. The number of likely N-dealkylation sites (N-methyl/N-ethyl adjacent to an activating group) is 1. The number of nitrogens with zero attached hydrogens (tertiary/aromatic N) is 1. The van der Waals surface area contributed by atoms with Crippen molar-refractivity contribution in [3.8, 4) is 0 Å². The molecule has 0 aromatic heterocycles. The maximum absolute atomic E-state index is 12.7. The smallest absolute Gasteiger partial charge is 0.462 e. The van der Waals surface area contributed by atoms with Crippen LogP contribution in [0.1, 0.15) is 206 Å². The number of unbranched alkanes of at least 4 members (excludes halogenated alkanes) is 24. The van der Waals surface area contributed by atoms with E-state index in [0.717, 1.165) is 51.4 Å². The molecule has 0 aromatic rings. The molecule has 2 unspecified atom stereocenters. The van der Waals surface area contributed by atoms with Gasteiger partial charge in [0.2, 0.25) is 0 Å². The first-order valence-corrected chi connectivity index (χ1v) is 24.1. The summed E-state index contributed by atoms with van der Waals surface area (Å²) in [5.74, 6) is -0.803. The minimum Gasteiger partial charge on any atom is -0.462 e. The van der Waals surface area contributed by atoms with Crippen molar-refractivity contribution in [2.45, 2.75) is 213 Å². The summed E-state index contributed by atoms with van der Waals surface area (Å²) in [6.07, 6.45) is 42.1. The van der Waals surface area contributed by atoms with Crippen molar-refractivity contribution < 1.29 is 37.6 Å². The zero-order chi connectivity index (χ0) is 40.5. The minimum atomic E-state index is -4.36. The molecule has 10 heteroatoms. The van der Waals surface area contributed by atoms with Gasteiger partial charge in [0.05, 0.1) is 13.2 Å². The summed E-state index contributed by atoms with van der Waals surface area (Å²) in [6.45, 7) is 4.31. The fourth-order valence-electron chi connectivity index (χ4n) is 6.25. The van der Waals surface area contributed by atoms with Gasteiger partial charge in [-0.15, -0.1) is 0 Å². The van der Waals surface area contributed by atoms with E-state index in [1.165, 1.54) is 122 Å². The van der Waals surface area contributed by atoms with Crippen LogP contribution >= 0.6 is 7.82 Å². The van der Waals surface area contributed by atoms with Crippen LogP contribution in [0.2, 0.25) is 0 Å². The van der Waals surface area contributed by atoms with Crippen molar-refractivity contribution in [1.82, 2.24) is 4.90 Å². The van der Waals surface area contributed by atoms with E-state index in [2.05, 4.69) is 38.2 Å². The fraction of sp³-hybridized carbons (Fsp3) is 0.867.